The van der Waals surface area contributed by atoms with E-state index in [1.807, 2.05) is 42.5 Å². The third-order valence-corrected chi connectivity index (χ3v) is 4.17. The van der Waals surface area contributed by atoms with E-state index in [1.165, 1.54) is 0 Å². The molecule has 1 amide bonds. The Bertz CT molecular complexity index is 652. The highest BCUT2D eigenvalue weighted by Gasteiger charge is 2.20. The molecular weight excluding hydrogens is 330 g/mol. The third-order valence-electron chi connectivity index (χ3n) is 4.17. The first-order valence-electron chi connectivity index (χ1n) is 9.21. The maximum atomic E-state index is 12.5. The molecule has 1 aromatic heterocycles. The van der Waals surface area contributed by atoms with Crippen molar-refractivity contribution in [3.63, 3.8) is 0 Å². The van der Waals surface area contributed by atoms with Crippen molar-refractivity contribution in [1.29, 1.82) is 0 Å². The summed E-state index contributed by atoms with van der Waals surface area (Å²) in [5.74, 6) is 0.916. The highest BCUT2D eigenvalue weighted by molar-refractivity contribution is 5.87. The fraction of sp³-hybridized carbons (Fsp3) is 0.429. The number of aryl methyl sites for hydroxylation is 1. The van der Waals surface area contributed by atoms with Gasteiger partial charge in [0.25, 0.3) is 0 Å². The van der Waals surface area contributed by atoms with Crippen LogP contribution < -0.4 is 5.32 Å². The van der Waals surface area contributed by atoms with Gasteiger partial charge in [-0.05, 0) is 30.5 Å². The number of ketones is 1. The average molecular weight is 357 g/mol. The summed E-state index contributed by atoms with van der Waals surface area (Å²) in [5, 5.41) is 2.73. The average Bonchev–Trinajstić information content (AvgIpc) is 3.17. The molecule has 2 aromatic rings. The lowest BCUT2D eigenvalue weighted by atomic mass is 10.0. The number of Topliss-reactive ketones (excluding diaryl/α,β-unsaturated/α-hetero) is 1. The van der Waals surface area contributed by atoms with E-state index >= 15 is 0 Å². The number of hydrogen-bond donors (Lipinski definition) is 1. The van der Waals surface area contributed by atoms with Crippen LogP contribution in [0.2, 0.25) is 0 Å². The molecule has 5 nitrogen and oxygen atoms in total. The van der Waals surface area contributed by atoms with E-state index < -0.39 is 12.1 Å². The van der Waals surface area contributed by atoms with Gasteiger partial charge in [0.15, 0.2) is 5.78 Å². The van der Waals surface area contributed by atoms with Gasteiger partial charge in [-0.3, -0.25) is 4.79 Å². The number of carbonyl (C=O) groups excluding carboxylic acids is 2. The van der Waals surface area contributed by atoms with Crippen molar-refractivity contribution in [1.82, 2.24) is 5.32 Å². The zero-order chi connectivity index (χ0) is 18.6. The molecule has 5 heteroatoms. The molecule has 26 heavy (non-hydrogen) atoms. The Balaban J connectivity index is 1.78. The van der Waals surface area contributed by atoms with Crippen LogP contribution in [0.15, 0.2) is 53.1 Å². The van der Waals surface area contributed by atoms with Crippen molar-refractivity contribution in [3.8, 4) is 0 Å². The molecule has 0 saturated carbocycles. The van der Waals surface area contributed by atoms with Gasteiger partial charge in [0.05, 0.1) is 12.3 Å². The first-order valence-corrected chi connectivity index (χ1v) is 9.21. The Morgan fingerprint density at radius 3 is 2.62 bits per heavy atom. The molecule has 0 aliphatic carbocycles. The molecule has 1 N–H and O–H groups in total. The molecule has 1 heterocycles. The second kappa shape index (κ2) is 11.1. The van der Waals surface area contributed by atoms with Crippen molar-refractivity contribution >= 4 is 11.9 Å². The standard InChI is InChI=1S/C21H27NO4/c1-2-3-13-19(20(23)14-7-11-18-12-8-15-25-18)22-21(24)26-16-17-9-5-4-6-10-17/h4-6,8-10,12,15,19H,2-3,7,11,13-14,16H2,1H3,(H,22,24)/t19-/m0/s1. The van der Waals surface area contributed by atoms with Crippen LogP contribution in [-0.4, -0.2) is 17.9 Å². The van der Waals surface area contributed by atoms with E-state index in [0.29, 0.717) is 19.3 Å². The van der Waals surface area contributed by atoms with E-state index in [0.717, 1.165) is 30.6 Å². The molecular formula is C21H27NO4. The third kappa shape index (κ3) is 7.13. The topological polar surface area (TPSA) is 68.5 Å². The number of nitrogens with one attached hydrogen (secondary N) is 1. The van der Waals surface area contributed by atoms with Gasteiger partial charge < -0.3 is 14.5 Å². The number of ether oxygens (including phenoxy) is 1. The second-order valence-corrected chi connectivity index (χ2v) is 6.30. The van der Waals surface area contributed by atoms with E-state index in [2.05, 4.69) is 12.2 Å². The lowest BCUT2D eigenvalue weighted by Gasteiger charge is -2.17. The van der Waals surface area contributed by atoms with Gasteiger partial charge >= 0.3 is 6.09 Å². The molecule has 0 bridgehead atoms. The van der Waals surface area contributed by atoms with Gasteiger partial charge in [-0.2, -0.15) is 0 Å². The molecule has 0 fully saturated rings. The van der Waals surface area contributed by atoms with Crippen LogP contribution in [0.25, 0.3) is 0 Å². The predicted octanol–water partition coefficient (Wildman–Crippen LogP) is 4.66. The smallest absolute Gasteiger partial charge is 0.408 e. The highest BCUT2D eigenvalue weighted by Crippen LogP contribution is 2.10. The zero-order valence-corrected chi connectivity index (χ0v) is 15.3. The molecule has 1 atom stereocenters. The number of rotatable bonds is 11. The van der Waals surface area contributed by atoms with Crippen molar-refractivity contribution < 1.29 is 18.7 Å². The maximum Gasteiger partial charge on any atom is 0.408 e. The van der Waals surface area contributed by atoms with Gasteiger partial charge in [0, 0.05) is 12.8 Å². The number of alkyl carbamates (subject to hydrolysis) is 1. The van der Waals surface area contributed by atoms with Crippen LogP contribution >= 0.6 is 0 Å². The van der Waals surface area contributed by atoms with Gasteiger partial charge in [-0.1, -0.05) is 50.1 Å². The monoisotopic (exact) mass is 357 g/mol. The summed E-state index contributed by atoms with van der Waals surface area (Å²) in [4.78, 5) is 24.5. The van der Waals surface area contributed by atoms with Crippen molar-refractivity contribution in [2.75, 3.05) is 0 Å². The SMILES string of the molecule is CCCC[C@H](NC(=O)OCc1ccccc1)C(=O)CCCc1ccco1. The molecule has 0 saturated heterocycles. The van der Waals surface area contributed by atoms with Crippen LogP contribution in [0.5, 0.6) is 0 Å². The molecule has 0 aliphatic heterocycles. The largest absolute Gasteiger partial charge is 0.469 e. The summed E-state index contributed by atoms with van der Waals surface area (Å²) < 4.78 is 10.5. The van der Waals surface area contributed by atoms with E-state index in [-0.39, 0.29) is 12.4 Å². The summed E-state index contributed by atoms with van der Waals surface area (Å²) in [6, 6.07) is 12.7. The van der Waals surface area contributed by atoms with E-state index in [4.69, 9.17) is 9.15 Å². The first kappa shape index (κ1) is 19.8. The Morgan fingerprint density at radius 2 is 1.92 bits per heavy atom. The highest BCUT2D eigenvalue weighted by atomic mass is 16.5. The van der Waals surface area contributed by atoms with Crippen LogP contribution in [-0.2, 0) is 22.6 Å². The summed E-state index contributed by atoms with van der Waals surface area (Å²) in [5.41, 5.74) is 0.914. The Hall–Kier alpha value is -2.56. The Morgan fingerprint density at radius 1 is 1.12 bits per heavy atom. The molecule has 140 valence electrons. The molecule has 1 aromatic carbocycles. The maximum absolute atomic E-state index is 12.5. The summed E-state index contributed by atoms with van der Waals surface area (Å²) in [6.45, 7) is 2.26. The molecule has 0 radical (unpaired) electrons. The number of carbonyl (C=O) groups is 2. The number of amides is 1. The summed E-state index contributed by atoms with van der Waals surface area (Å²) in [6.07, 6.45) is 5.41. The van der Waals surface area contributed by atoms with Gasteiger partial charge in [-0.15, -0.1) is 0 Å². The summed E-state index contributed by atoms with van der Waals surface area (Å²) in [7, 11) is 0. The number of furan rings is 1. The quantitative estimate of drug-likeness (QED) is 0.635. The van der Waals surface area contributed by atoms with E-state index in [1.54, 1.807) is 6.26 Å². The van der Waals surface area contributed by atoms with Gasteiger partial charge in [0.2, 0.25) is 0 Å². The van der Waals surface area contributed by atoms with Gasteiger partial charge in [0.1, 0.15) is 12.4 Å². The first-order chi connectivity index (χ1) is 12.7. The Labute approximate surface area is 154 Å². The predicted molar refractivity (Wildman–Crippen MR) is 99.7 cm³/mol. The molecule has 0 unspecified atom stereocenters. The second-order valence-electron chi connectivity index (χ2n) is 6.30. The van der Waals surface area contributed by atoms with Crippen molar-refractivity contribution in [2.24, 2.45) is 0 Å². The minimum absolute atomic E-state index is 0.0432. The molecule has 0 aliphatic rings. The van der Waals surface area contributed by atoms with Gasteiger partial charge in [-0.25, -0.2) is 4.79 Å². The fourth-order valence-electron chi connectivity index (χ4n) is 2.69. The molecule has 2 rings (SSSR count). The normalized spacial score (nSPS) is 11.7. The zero-order valence-electron chi connectivity index (χ0n) is 15.3. The van der Waals surface area contributed by atoms with Crippen LogP contribution in [0.4, 0.5) is 4.79 Å². The lowest BCUT2D eigenvalue weighted by molar-refractivity contribution is -0.121. The van der Waals surface area contributed by atoms with Crippen molar-refractivity contribution in [2.45, 2.75) is 58.1 Å². The molecule has 0 spiro atoms. The minimum atomic E-state index is -0.547. The number of hydrogen-bond acceptors (Lipinski definition) is 4. The fourth-order valence-corrected chi connectivity index (χ4v) is 2.69. The number of unbranched alkanes of at least 4 members (excludes halogenated alkanes) is 1. The lowest BCUT2D eigenvalue weighted by Crippen LogP contribution is -2.41. The van der Waals surface area contributed by atoms with Crippen molar-refractivity contribution in [3.05, 3.63) is 60.1 Å². The Kier molecular flexibility index (Phi) is 8.46. The van der Waals surface area contributed by atoms with Crippen LogP contribution in [0.3, 0.4) is 0 Å². The van der Waals surface area contributed by atoms with Crippen LogP contribution in [0, 0.1) is 0 Å². The minimum Gasteiger partial charge on any atom is -0.469 e. The number of benzene rings is 1. The summed E-state index contributed by atoms with van der Waals surface area (Å²) >= 11 is 0. The van der Waals surface area contributed by atoms with E-state index in [9.17, 15) is 9.59 Å². The van der Waals surface area contributed by atoms with Crippen LogP contribution in [0.1, 0.15) is 50.4 Å².